The van der Waals surface area contributed by atoms with Crippen LogP contribution in [0.15, 0.2) is 19.6 Å². The number of likely N-dealkylation sites (tertiary alicyclic amines) is 1. The lowest BCUT2D eigenvalue weighted by Gasteiger charge is -2.31. The average molecular weight is 366 g/mol. The van der Waals surface area contributed by atoms with Crippen molar-refractivity contribution in [2.24, 2.45) is 5.92 Å². The number of piperidine rings is 1. The van der Waals surface area contributed by atoms with E-state index in [1.54, 1.807) is 0 Å². The van der Waals surface area contributed by atoms with E-state index in [1.165, 1.54) is 25.9 Å². The summed E-state index contributed by atoms with van der Waals surface area (Å²) < 4.78 is 7.39. The third kappa shape index (κ3) is 3.81. The van der Waals surface area contributed by atoms with Gasteiger partial charge in [-0.1, -0.05) is 0 Å². The van der Waals surface area contributed by atoms with Gasteiger partial charge >= 0.3 is 0 Å². The maximum atomic E-state index is 5.61. The van der Waals surface area contributed by atoms with E-state index in [-0.39, 0.29) is 0 Å². The fraction of sp³-hybridized carbons (Fsp3) is 0.667. The zero-order valence-electron chi connectivity index (χ0n) is 10.0. The molecule has 0 unspecified atom stereocenters. The van der Waals surface area contributed by atoms with Crippen molar-refractivity contribution in [1.82, 2.24) is 10.2 Å². The van der Waals surface area contributed by atoms with Crippen LogP contribution in [0.5, 0.6) is 0 Å². The monoisotopic (exact) mass is 364 g/mol. The summed E-state index contributed by atoms with van der Waals surface area (Å²) in [7, 11) is 2.03. The van der Waals surface area contributed by atoms with Crippen molar-refractivity contribution in [1.29, 1.82) is 0 Å². The molecule has 3 nitrogen and oxygen atoms in total. The number of furan rings is 1. The van der Waals surface area contributed by atoms with Crippen LogP contribution in [-0.2, 0) is 6.54 Å². The lowest BCUT2D eigenvalue weighted by molar-refractivity contribution is 0.165. The Hall–Kier alpha value is 0.160. The van der Waals surface area contributed by atoms with Gasteiger partial charge < -0.3 is 9.73 Å². The Morgan fingerprint density at radius 2 is 2.12 bits per heavy atom. The maximum absolute atomic E-state index is 5.61. The molecule has 17 heavy (non-hydrogen) atoms. The van der Waals surface area contributed by atoms with E-state index in [4.69, 9.17) is 4.42 Å². The summed E-state index contributed by atoms with van der Waals surface area (Å²) in [5, 5.41) is 3.26. The van der Waals surface area contributed by atoms with Gasteiger partial charge in [0.1, 0.15) is 5.76 Å². The molecule has 0 amide bonds. The second-order valence-corrected chi connectivity index (χ2v) is 6.19. The van der Waals surface area contributed by atoms with Gasteiger partial charge in [-0.3, -0.25) is 4.90 Å². The summed E-state index contributed by atoms with van der Waals surface area (Å²) >= 11 is 6.81. The van der Waals surface area contributed by atoms with Crippen molar-refractivity contribution in [3.63, 3.8) is 0 Å². The second-order valence-electron chi connectivity index (χ2n) is 4.61. The molecular formula is C12H18Br2N2O. The second kappa shape index (κ2) is 6.36. The van der Waals surface area contributed by atoms with Gasteiger partial charge in [0.05, 0.1) is 11.0 Å². The van der Waals surface area contributed by atoms with Gasteiger partial charge in [-0.15, -0.1) is 0 Å². The summed E-state index contributed by atoms with van der Waals surface area (Å²) in [5.41, 5.74) is 0. The molecule has 1 saturated heterocycles. The van der Waals surface area contributed by atoms with Crippen LogP contribution in [0.4, 0.5) is 0 Å². The van der Waals surface area contributed by atoms with E-state index in [0.717, 1.165) is 33.9 Å². The van der Waals surface area contributed by atoms with E-state index in [0.29, 0.717) is 0 Å². The average Bonchev–Trinajstić information content (AvgIpc) is 2.61. The summed E-state index contributed by atoms with van der Waals surface area (Å²) in [6.45, 7) is 4.40. The van der Waals surface area contributed by atoms with Crippen LogP contribution >= 0.6 is 31.9 Å². The smallest absolute Gasteiger partial charge is 0.183 e. The highest BCUT2D eigenvalue weighted by atomic mass is 79.9. The Kier molecular flexibility index (Phi) is 5.09. The van der Waals surface area contributed by atoms with E-state index < -0.39 is 0 Å². The van der Waals surface area contributed by atoms with Crippen LogP contribution in [0, 0.1) is 5.92 Å². The quantitative estimate of drug-likeness (QED) is 0.887. The standard InChI is InChI=1S/C12H18Br2N2O/c1-15-7-9-2-4-16(5-3-9)8-10-6-11(13)12(14)17-10/h6,9,15H,2-5,7-8H2,1H3. The summed E-state index contributed by atoms with van der Waals surface area (Å²) in [6.07, 6.45) is 2.56. The minimum absolute atomic E-state index is 0.789. The molecule has 1 N–H and O–H groups in total. The predicted molar refractivity (Wildman–Crippen MR) is 76.0 cm³/mol. The summed E-state index contributed by atoms with van der Waals surface area (Å²) in [5.74, 6) is 1.86. The molecule has 1 aliphatic rings. The van der Waals surface area contributed by atoms with Crippen molar-refractivity contribution in [2.75, 3.05) is 26.7 Å². The summed E-state index contributed by atoms with van der Waals surface area (Å²) in [4.78, 5) is 2.46. The molecule has 5 heteroatoms. The van der Waals surface area contributed by atoms with Crippen LogP contribution in [0.3, 0.4) is 0 Å². The highest BCUT2D eigenvalue weighted by Crippen LogP contribution is 2.28. The third-order valence-corrected chi connectivity index (χ3v) is 4.99. The van der Waals surface area contributed by atoms with Crippen LogP contribution in [-0.4, -0.2) is 31.6 Å². The number of rotatable bonds is 4. The first-order valence-electron chi connectivity index (χ1n) is 5.99. The molecule has 1 aliphatic heterocycles. The molecule has 1 fully saturated rings. The molecule has 1 aromatic rings. The van der Waals surface area contributed by atoms with E-state index in [1.807, 2.05) is 13.1 Å². The molecule has 0 atom stereocenters. The Balaban J connectivity index is 1.81. The van der Waals surface area contributed by atoms with E-state index in [2.05, 4.69) is 42.1 Å². The van der Waals surface area contributed by atoms with E-state index >= 15 is 0 Å². The number of hydrogen-bond acceptors (Lipinski definition) is 3. The van der Waals surface area contributed by atoms with Crippen LogP contribution < -0.4 is 5.32 Å². The van der Waals surface area contributed by atoms with Crippen LogP contribution in [0.2, 0.25) is 0 Å². The first-order valence-corrected chi connectivity index (χ1v) is 7.58. The predicted octanol–water partition coefficient (Wildman–Crippen LogP) is 3.24. The van der Waals surface area contributed by atoms with Gasteiger partial charge in [-0.2, -0.15) is 0 Å². The molecular weight excluding hydrogens is 348 g/mol. The molecule has 0 radical (unpaired) electrons. The van der Waals surface area contributed by atoms with Gasteiger partial charge in [0.25, 0.3) is 0 Å². The van der Waals surface area contributed by atoms with Crippen molar-refractivity contribution in [3.05, 3.63) is 21.0 Å². The number of hydrogen-bond donors (Lipinski definition) is 1. The Morgan fingerprint density at radius 1 is 1.41 bits per heavy atom. The molecule has 96 valence electrons. The van der Waals surface area contributed by atoms with Gasteiger partial charge in [-0.25, -0.2) is 0 Å². The first-order chi connectivity index (χ1) is 8.19. The maximum Gasteiger partial charge on any atom is 0.183 e. The van der Waals surface area contributed by atoms with Crippen LogP contribution in [0.25, 0.3) is 0 Å². The number of nitrogens with zero attached hydrogens (tertiary/aromatic N) is 1. The molecule has 1 aromatic heterocycles. The number of halogens is 2. The Labute approximate surface area is 119 Å². The fourth-order valence-electron chi connectivity index (χ4n) is 2.33. The minimum Gasteiger partial charge on any atom is -0.452 e. The third-order valence-electron chi connectivity index (χ3n) is 3.28. The fourth-order valence-corrected chi connectivity index (χ4v) is 2.99. The van der Waals surface area contributed by atoms with Gasteiger partial charge in [0.2, 0.25) is 0 Å². The molecule has 0 spiro atoms. The van der Waals surface area contributed by atoms with Crippen molar-refractivity contribution >= 4 is 31.9 Å². The van der Waals surface area contributed by atoms with Crippen LogP contribution in [0.1, 0.15) is 18.6 Å². The zero-order valence-corrected chi connectivity index (χ0v) is 13.2. The minimum atomic E-state index is 0.789. The summed E-state index contributed by atoms with van der Waals surface area (Å²) in [6, 6.07) is 2.05. The first kappa shape index (κ1) is 13.6. The lowest BCUT2D eigenvalue weighted by atomic mass is 9.97. The largest absolute Gasteiger partial charge is 0.452 e. The van der Waals surface area contributed by atoms with Gasteiger partial charge in [0, 0.05) is 0 Å². The normalized spacial score (nSPS) is 18.8. The molecule has 0 saturated carbocycles. The number of nitrogens with one attached hydrogen (secondary N) is 1. The SMILES string of the molecule is CNCC1CCN(Cc2cc(Br)c(Br)o2)CC1. The topological polar surface area (TPSA) is 28.4 Å². The van der Waals surface area contributed by atoms with Crippen molar-refractivity contribution < 1.29 is 4.42 Å². The molecule has 0 bridgehead atoms. The van der Waals surface area contributed by atoms with E-state index in [9.17, 15) is 0 Å². The molecule has 0 aliphatic carbocycles. The van der Waals surface area contributed by atoms with Crippen molar-refractivity contribution in [2.45, 2.75) is 19.4 Å². The molecule has 2 heterocycles. The van der Waals surface area contributed by atoms with Gasteiger partial charge in [-0.05, 0) is 83.4 Å². The molecule has 2 rings (SSSR count). The Morgan fingerprint density at radius 3 is 2.65 bits per heavy atom. The zero-order chi connectivity index (χ0) is 12.3. The molecule has 0 aromatic carbocycles. The van der Waals surface area contributed by atoms with Gasteiger partial charge in [0.15, 0.2) is 4.67 Å². The Bertz CT molecular complexity index is 340. The highest BCUT2D eigenvalue weighted by Gasteiger charge is 2.19. The van der Waals surface area contributed by atoms with Crippen molar-refractivity contribution in [3.8, 4) is 0 Å². The highest BCUT2D eigenvalue weighted by molar-refractivity contribution is 9.13. The lowest BCUT2D eigenvalue weighted by Crippen LogP contribution is -2.36.